The van der Waals surface area contributed by atoms with Gasteiger partial charge in [0.2, 0.25) is 6.61 Å². The number of oxime groups is 1. The van der Waals surface area contributed by atoms with Gasteiger partial charge < -0.3 is 15.3 Å². The average Bonchev–Trinajstić information content (AvgIpc) is 2.53. The summed E-state index contributed by atoms with van der Waals surface area (Å²) in [6.45, 7) is 1.39. The summed E-state index contributed by atoms with van der Waals surface area (Å²) in [7, 11) is 0. The van der Waals surface area contributed by atoms with Crippen molar-refractivity contribution in [2.24, 2.45) is 5.16 Å². The maximum Gasteiger partial charge on any atom is 0.344 e. The van der Waals surface area contributed by atoms with Gasteiger partial charge in [-0.1, -0.05) is 52.6 Å². The number of aryl methyl sites for hydroxylation is 1. The quantitative estimate of drug-likeness (QED) is 0.593. The minimum atomic E-state index is -1.09. The molecule has 7 heteroatoms. The fraction of sp³-hybridized carbons (Fsp3) is 0.125. The Morgan fingerprint density at radius 1 is 1.30 bits per heavy atom. The number of carboxylic acids is 1. The molecule has 0 saturated carbocycles. The van der Waals surface area contributed by atoms with Gasteiger partial charge in [0.05, 0.1) is 21.9 Å². The van der Waals surface area contributed by atoms with Crippen LogP contribution in [0.15, 0.2) is 41.6 Å². The molecule has 120 valence electrons. The lowest BCUT2D eigenvalue weighted by Gasteiger charge is -2.14. The van der Waals surface area contributed by atoms with E-state index in [1.165, 1.54) is 6.21 Å². The highest BCUT2D eigenvalue weighted by Crippen LogP contribution is 2.35. The van der Waals surface area contributed by atoms with E-state index in [9.17, 15) is 4.79 Å². The van der Waals surface area contributed by atoms with Gasteiger partial charge in [-0.25, -0.2) is 4.79 Å². The number of para-hydroxylation sites is 1. The minimum Gasteiger partial charge on any atom is -0.479 e. The number of carboxylic acid groups (broad SMARTS) is 1. The van der Waals surface area contributed by atoms with Gasteiger partial charge in [0.15, 0.2) is 0 Å². The van der Waals surface area contributed by atoms with E-state index in [-0.39, 0.29) is 0 Å². The maximum atomic E-state index is 10.4. The molecule has 2 aromatic rings. The molecule has 0 aromatic heterocycles. The van der Waals surface area contributed by atoms with Crippen LogP contribution in [0.2, 0.25) is 10.0 Å². The molecular formula is C16H14Cl2N2O3. The van der Waals surface area contributed by atoms with Crippen LogP contribution in [0.5, 0.6) is 0 Å². The molecule has 2 aromatic carbocycles. The topological polar surface area (TPSA) is 70.9 Å². The van der Waals surface area contributed by atoms with E-state index in [1.807, 2.05) is 31.2 Å². The van der Waals surface area contributed by atoms with Crippen molar-refractivity contribution in [3.8, 4) is 0 Å². The molecule has 0 aliphatic heterocycles. The molecule has 23 heavy (non-hydrogen) atoms. The van der Waals surface area contributed by atoms with Gasteiger partial charge in [0.1, 0.15) is 0 Å². The molecule has 0 aliphatic carbocycles. The van der Waals surface area contributed by atoms with Crippen molar-refractivity contribution in [2.75, 3.05) is 11.9 Å². The standard InChI is InChI=1S/C16H14Cl2N2O3/c1-10-6-7-12(17)16(15(10)18)20-13-5-3-2-4-11(13)8-19-23-9-14(21)22/h2-8,20H,9H2,1H3,(H,21,22). The van der Waals surface area contributed by atoms with Crippen molar-refractivity contribution in [2.45, 2.75) is 6.92 Å². The van der Waals surface area contributed by atoms with E-state index >= 15 is 0 Å². The van der Waals surface area contributed by atoms with Gasteiger partial charge in [-0.05, 0) is 24.6 Å². The molecule has 0 aliphatic rings. The van der Waals surface area contributed by atoms with Crippen molar-refractivity contribution in [3.05, 3.63) is 57.6 Å². The van der Waals surface area contributed by atoms with Crippen molar-refractivity contribution in [1.82, 2.24) is 0 Å². The average molecular weight is 353 g/mol. The zero-order chi connectivity index (χ0) is 16.8. The lowest BCUT2D eigenvalue weighted by atomic mass is 10.1. The highest BCUT2D eigenvalue weighted by Gasteiger charge is 2.10. The monoisotopic (exact) mass is 352 g/mol. The number of anilines is 2. The number of benzene rings is 2. The Morgan fingerprint density at radius 2 is 2.04 bits per heavy atom. The van der Waals surface area contributed by atoms with Crippen molar-refractivity contribution in [3.63, 3.8) is 0 Å². The first-order valence-electron chi connectivity index (χ1n) is 6.67. The number of carbonyl (C=O) groups is 1. The SMILES string of the molecule is Cc1ccc(Cl)c(Nc2ccccc2C=NOCC(=O)O)c1Cl. The van der Waals surface area contributed by atoms with Crippen LogP contribution in [-0.2, 0) is 9.63 Å². The smallest absolute Gasteiger partial charge is 0.344 e. The second-order valence-corrected chi connectivity index (χ2v) is 5.45. The first kappa shape index (κ1) is 17.1. The van der Waals surface area contributed by atoms with Gasteiger partial charge >= 0.3 is 5.97 Å². The molecule has 2 N–H and O–H groups in total. The van der Waals surface area contributed by atoms with Crippen LogP contribution in [0.3, 0.4) is 0 Å². The van der Waals surface area contributed by atoms with Gasteiger partial charge in [0.25, 0.3) is 0 Å². The minimum absolute atomic E-state index is 0.495. The molecule has 0 unspecified atom stereocenters. The number of rotatable bonds is 6. The van der Waals surface area contributed by atoms with Gasteiger partial charge in [-0.3, -0.25) is 0 Å². The van der Waals surface area contributed by atoms with Crippen LogP contribution in [0.25, 0.3) is 0 Å². The van der Waals surface area contributed by atoms with Crippen molar-refractivity contribution in [1.29, 1.82) is 0 Å². The van der Waals surface area contributed by atoms with E-state index in [4.69, 9.17) is 28.3 Å². The number of aliphatic carboxylic acids is 1. The summed E-state index contributed by atoms with van der Waals surface area (Å²) < 4.78 is 0. The normalized spacial score (nSPS) is 10.7. The van der Waals surface area contributed by atoms with Crippen LogP contribution < -0.4 is 5.32 Å². The van der Waals surface area contributed by atoms with E-state index in [0.29, 0.717) is 27.0 Å². The summed E-state index contributed by atoms with van der Waals surface area (Å²) in [5.74, 6) is -1.09. The van der Waals surface area contributed by atoms with Gasteiger partial charge in [-0.15, -0.1) is 0 Å². The summed E-state index contributed by atoms with van der Waals surface area (Å²) in [5.41, 5.74) is 2.91. The fourth-order valence-electron chi connectivity index (χ4n) is 1.82. The first-order valence-corrected chi connectivity index (χ1v) is 7.42. The predicted molar refractivity (Wildman–Crippen MR) is 92.1 cm³/mol. The Kier molecular flexibility index (Phi) is 5.84. The van der Waals surface area contributed by atoms with Crippen LogP contribution >= 0.6 is 23.2 Å². The van der Waals surface area contributed by atoms with Crippen LogP contribution in [0.4, 0.5) is 11.4 Å². The summed E-state index contributed by atoms with van der Waals surface area (Å²) in [6.07, 6.45) is 1.42. The Bertz CT molecular complexity index is 748. The number of nitrogens with zero attached hydrogens (tertiary/aromatic N) is 1. The third-order valence-corrected chi connectivity index (χ3v) is 3.76. The van der Waals surface area contributed by atoms with E-state index in [2.05, 4.69) is 15.3 Å². The first-order chi connectivity index (χ1) is 11.0. The molecule has 0 fully saturated rings. The highest BCUT2D eigenvalue weighted by atomic mass is 35.5. The van der Waals surface area contributed by atoms with Crippen molar-refractivity contribution >= 4 is 46.8 Å². The van der Waals surface area contributed by atoms with Crippen LogP contribution in [0, 0.1) is 6.92 Å². The molecule has 0 radical (unpaired) electrons. The van der Waals surface area contributed by atoms with Crippen LogP contribution in [-0.4, -0.2) is 23.9 Å². The van der Waals surface area contributed by atoms with Gasteiger partial charge in [-0.2, -0.15) is 0 Å². The predicted octanol–water partition coefficient (Wildman–Crippen LogP) is 4.48. The molecule has 5 nitrogen and oxygen atoms in total. The Morgan fingerprint density at radius 3 is 2.78 bits per heavy atom. The molecule has 0 bridgehead atoms. The molecule has 0 spiro atoms. The van der Waals surface area contributed by atoms with E-state index in [1.54, 1.807) is 12.1 Å². The molecule has 0 heterocycles. The Labute approximate surface area is 143 Å². The molecule has 0 saturated heterocycles. The van der Waals surface area contributed by atoms with Gasteiger partial charge in [0, 0.05) is 11.3 Å². The lowest BCUT2D eigenvalue weighted by Crippen LogP contribution is -2.03. The second-order valence-electron chi connectivity index (χ2n) is 4.67. The second kappa shape index (κ2) is 7.85. The van der Waals surface area contributed by atoms with E-state index in [0.717, 1.165) is 5.56 Å². The summed E-state index contributed by atoms with van der Waals surface area (Å²) in [6, 6.07) is 10.9. The number of hydrogen-bond acceptors (Lipinski definition) is 4. The zero-order valence-electron chi connectivity index (χ0n) is 12.2. The Hall–Kier alpha value is -2.24. The summed E-state index contributed by atoms with van der Waals surface area (Å²) in [4.78, 5) is 15.0. The molecule has 2 rings (SSSR count). The maximum absolute atomic E-state index is 10.4. The fourth-order valence-corrected chi connectivity index (χ4v) is 2.28. The zero-order valence-corrected chi connectivity index (χ0v) is 13.7. The van der Waals surface area contributed by atoms with Crippen molar-refractivity contribution < 1.29 is 14.7 Å². The third kappa shape index (κ3) is 4.61. The number of hydrogen-bond donors (Lipinski definition) is 2. The highest BCUT2D eigenvalue weighted by molar-refractivity contribution is 6.39. The number of nitrogens with one attached hydrogen (secondary N) is 1. The molecular weight excluding hydrogens is 339 g/mol. The largest absolute Gasteiger partial charge is 0.479 e. The molecule has 0 amide bonds. The summed E-state index contributed by atoms with van der Waals surface area (Å²) >= 11 is 12.5. The van der Waals surface area contributed by atoms with E-state index < -0.39 is 12.6 Å². The Balaban J connectivity index is 2.25. The van der Waals surface area contributed by atoms with Crippen LogP contribution in [0.1, 0.15) is 11.1 Å². The lowest BCUT2D eigenvalue weighted by molar-refractivity contribution is -0.142. The summed E-state index contributed by atoms with van der Waals surface area (Å²) in [5, 5.41) is 16.3. The molecule has 0 atom stereocenters. The number of halogens is 2. The third-order valence-electron chi connectivity index (χ3n) is 2.96.